The summed E-state index contributed by atoms with van der Waals surface area (Å²) in [5, 5.41) is 0. The van der Waals surface area contributed by atoms with Crippen molar-refractivity contribution in [1.82, 2.24) is 0 Å². The average molecular weight is 395 g/mol. The highest BCUT2D eigenvalue weighted by Gasteiger charge is 2.14. The standard InChI is InChI=1S/C24H42O4/c1-4-7-9-10-11-12-13-14-15-16-17-21-27-23(25)19-20-24(26)28-22(6-3)18-8-5-2/h22H,4-15,18-21H2,1-3H3. The summed E-state index contributed by atoms with van der Waals surface area (Å²) in [6.07, 6.45) is 15.1. The molecule has 4 heteroatoms. The van der Waals surface area contributed by atoms with E-state index in [0.717, 1.165) is 38.5 Å². The smallest absolute Gasteiger partial charge is 0.307 e. The fourth-order valence-corrected chi connectivity index (χ4v) is 2.90. The van der Waals surface area contributed by atoms with Crippen molar-refractivity contribution >= 4 is 11.9 Å². The van der Waals surface area contributed by atoms with Crippen LogP contribution in [0.1, 0.15) is 117 Å². The Morgan fingerprint density at radius 2 is 1.36 bits per heavy atom. The molecule has 162 valence electrons. The van der Waals surface area contributed by atoms with Crippen LogP contribution in [0.4, 0.5) is 0 Å². The van der Waals surface area contributed by atoms with Gasteiger partial charge in [0.25, 0.3) is 0 Å². The Bertz CT molecular complexity index is 447. The molecule has 28 heavy (non-hydrogen) atoms. The van der Waals surface area contributed by atoms with Crippen molar-refractivity contribution in [2.24, 2.45) is 0 Å². The van der Waals surface area contributed by atoms with E-state index in [4.69, 9.17) is 9.47 Å². The molecule has 0 saturated carbocycles. The van der Waals surface area contributed by atoms with Gasteiger partial charge in [0.2, 0.25) is 0 Å². The van der Waals surface area contributed by atoms with Gasteiger partial charge >= 0.3 is 11.9 Å². The summed E-state index contributed by atoms with van der Waals surface area (Å²) in [5.74, 6) is 5.22. The first-order chi connectivity index (χ1) is 13.6. The van der Waals surface area contributed by atoms with Crippen molar-refractivity contribution < 1.29 is 19.1 Å². The van der Waals surface area contributed by atoms with E-state index in [-0.39, 0.29) is 37.5 Å². The first-order valence-electron chi connectivity index (χ1n) is 11.4. The molecular formula is C24H42O4. The number of rotatable bonds is 17. The van der Waals surface area contributed by atoms with E-state index in [9.17, 15) is 9.59 Å². The summed E-state index contributed by atoms with van der Waals surface area (Å²) in [6.45, 7) is 6.47. The molecule has 0 bridgehead atoms. The Hall–Kier alpha value is -1.50. The normalized spacial score (nSPS) is 11.4. The molecule has 0 aromatic carbocycles. The van der Waals surface area contributed by atoms with Gasteiger partial charge in [0.05, 0.1) is 12.8 Å². The summed E-state index contributed by atoms with van der Waals surface area (Å²) in [7, 11) is 0. The van der Waals surface area contributed by atoms with Gasteiger partial charge in [-0.15, -0.1) is 0 Å². The van der Waals surface area contributed by atoms with Crippen molar-refractivity contribution in [3.63, 3.8) is 0 Å². The predicted octanol–water partition coefficient (Wildman–Crippen LogP) is 6.36. The molecule has 4 nitrogen and oxygen atoms in total. The molecule has 0 amide bonds. The van der Waals surface area contributed by atoms with Gasteiger partial charge in [-0.2, -0.15) is 0 Å². The number of carbonyl (C=O) groups is 2. The van der Waals surface area contributed by atoms with Gasteiger partial charge in [-0.1, -0.05) is 90.4 Å². The highest BCUT2D eigenvalue weighted by atomic mass is 16.5. The Balaban J connectivity index is 3.62. The van der Waals surface area contributed by atoms with Crippen molar-refractivity contribution in [1.29, 1.82) is 0 Å². The molecule has 0 aromatic heterocycles. The number of carbonyl (C=O) groups excluding carboxylic acids is 2. The van der Waals surface area contributed by atoms with Crippen LogP contribution in [0, 0.1) is 11.8 Å². The highest BCUT2D eigenvalue weighted by Crippen LogP contribution is 2.11. The van der Waals surface area contributed by atoms with Gasteiger partial charge in [0.1, 0.15) is 6.10 Å². The summed E-state index contributed by atoms with van der Waals surface area (Å²) < 4.78 is 10.4. The lowest BCUT2D eigenvalue weighted by Crippen LogP contribution is -2.18. The van der Waals surface area contributed by atoms with Crippen LogP contribution in [-0.2, 0) is 19.1 Å². The molecule has 0 heterocycles. The third-order valence-electron chi connectivity index (χ3n) is 4.75. The first-order valence-corrected chi connectivity index (χ1v) is 11.4. The van der Waals surface area contributed by atoms with Gasteiger partial charge in [0.15, 0.2) is 6.61 Å². The average Bonchev–Trinajstić information content (AvgIpc) is 2.70. The zero-order valence-electron chi connectivity index (χ0n) is 18.5. The van der Waals surface area contributed by atoms with E-state index >= 15 is 0 Å². The van der Waals surface area contributed by atoms with Crippen LogP contribution in [0.25, 0.3) is 0 Å². The Kier molecular flexibility index (Phi) is 19.2. The molecule has 0 rings (SSSR count). The lowest BCUT2D eigenvalue weighted by atomic mass is 10.1. The Morgan fingerprint density at radius 1 is 0.750 bits per heavy atom. The highest BCUT2D eigenvalue weighted by molar-refractivity contribution is 5.77. The van der Waals surface area contributed by atoms with Crippen LogP contribution < -0.4 is 0 Å². The third-order valence-corrected chi connectivity index (χ3v) is 4.75. The van der Waals surface area contributed by atoms with Gasteiger partial charge in [-0.3, -0.25) is 9.59 Å². The second-order valence-electron chi connectivity index (χ2n) is 7.40. The van der Waals surface area contributed by atoms with E-state index in [2.05, 4.69) is 25.7 Å². The van der Waals surface area contributed by atoms with Gasteiger partial charge in [-0.05, 0) is 19.3 Å². The van der Waals surface area contributed by atoms with Crippen molar-refractivity contribution in [3.05, 3.63) is 0 Å². The largest absolute Gasteiger partial charge is 0.462 e. The molecule has 0 aliphatic heterocycles. The minimum Gasteiger partial charge on any atom is -0.462 e. The van der Waals surface area contributed by atoms with Crippen LogP contribution in [0.2, 0.25) is 0 Å². The van der Waals surface area contributed by atoms with E-state index in [0.29, 0.717) is 0 Å². The van der Waals surface area contributed by atoms with Crippen LogP contribution in [0.5, 0.6) is 0 Å². The molecule has 0 N–H and O–H groups in total. The second kappa shape index (κ2) is 20.2. The Morgan fingerprint density at radius 3 is 2.00 bits per heavy atom. The van der Waals surface area contributed by atoms with Crippen LogP contribution in [0.3, 0.4) is 0 Å². The molecule has 0 saturated heterocycles. The zero-order valence-corrected chi connectivity index (χ0v) is 18.5. The fourth-order valence-electron chi connectivity index (χ4n) is 2.90. The lowest BCUT2D eigenvalue weighted by Gasteiger charge is -2.15. The maximum atomic E-state index is 11.8. The SMILES string of the molecule is CCCCCCCCCCC#CCOC(=O)CCC(=O)OC(CC)CCCC. The number of unbranched alkanes of at least 4 members (excludes halogenated alkanes) is 9. The molecule has 0 radical (unpaired) electrons. The van der Waals surface area contributed by atoms with Gasteiger partial charge < -0.3 is 9.47 Å². The molecule has 0 aromatic rings. The topological polar surface area (TPSA) is 52.6 Å². The van der Waals surface area contributed by atoms with Crippen LogP contribution >= 0.6 is 0 Å². The van der Waals surface area contributed by atoms with Crippen LogP contribution in [0.15, 0.2) is 0 Å². The molecule has 0 aliphatic carbocycles. The van der Waals surface area contributed by atoms with Crippen molar-refractivity contribution in [2.45, 2.75) is 123 Å². The lowest BCUT2D eigenvalue weighted by molar-refractivity contribution is -0.153. The zero-order chi connectivity index (χ0) is 20.9. The molecule has 0 aliphatic rings. The molecular weight excluding hydrogens is 352 g/mol. The number of hydrogen-bond acceptors (Lipinski definition) is 4. The summed E-state index contributed by atoms with van der Waals surface area (Å²) in [6, 6.07) is 0. The summed E-state index contributed by atoms with van der Waals surface area (Å²) in [5.41, 5.74) is 0. The number of esters is 2. The minimum atomic E-state index is -0.389. The van der Waals surface area contributed by atoms with E-state index in [1.165, 1.54) is 44.9 Å². The maximum absolute atomic E-state index is 11.8. The monoisotopic (exact) mass is 394 g/mol. The second-order valence-corrected chi connectivity index (χ2v) is 7.40. The van der Waals surface area contributed by atoms with Gasteiger partial charge in [0, 0.05) is 6.42 Å². The van der Waals surface area contributed by atoms with E-state index in [1.54, 1.807) is 0 Å². The van der Waals surface area contributed by atoms with Gasteiger partial charge in [-0.25, -0.2) is 0 Å². The fraction of sp³-hybridized carbons (Fsp3) is 0.833. The molecule has 1 unspecified atom stereocenters. The molecule has 0 spiro atoms. The van der Waals surface area contributed by atoms with Crippen LogP contribution in [-0.4, -0.2) is 24.6 Å². The number of ether oxygens (including phenoxy) is 2. The summed E-state index contributed by atoms with van der Waals surface area (Å²) >= 11 is 0. The molecule has 0 fully saturated rings. The predicted molar refractivity (Wildman–Crippen MR) is 115 cm³/mol. The molecule has 1 atom stereocenters. The van der Waals surface area contributed by atoms with E-state index < -0.39 is 0 Å². The van der Waals surface area contributed by atoms with Crippen molar-refractivity contribution in [2.75, 3.05) is 6.61 Å². The first kappa shape index (κ1) is 26.5. The Labute approximate surface area is 173 Å². The maximum Gasteiger partial charge on any atom is 0.307 e. The number of hydrogen-bond donors (Lipinski definition) is 0. The van der Waals surface area contributed by atoms with Crippen molar-refractivity contribution in [3.8, 4) is 11.8 Å². The quantitative estimate of drug-likeness (QED) is 0.164. The van der Waals surface area contributed by atoms with E-state index in [1.807, 2.05) is 6.92 Å². The minimum absolute atomic E-state index is 0.0364. The summed E-state index contributed by atoms with van der Waals surface area (Å²) in [4.78, 5) is 23.5. The third kappa shape index (κ3) is 17.9.